The summed E-state index contributed by atoms with van der Waals surface area (Å²) in [5, 5.41) is 16.0. The highest BCUT2D eigenvalue weighted by molar-refractivity contribution is 6.66. The minimum absolute atomic E-state index is 0.00144. The number of carbonyl (C=O) groups is 1. The summed E-state index contributed by atoms with van der Waals surface area (Å²) in [7, 11) is 0. The number of aromatic carboxylic acids is 1. The highest BCUT2D eigenvalue weighted by Gasteiger charge is 2.35. The molecule has 1 heterocycles. The predicted molar refractivity (Wildman–Crippen MR) is 61.1 cm³/mol. The third-order valence-electron chi connectivity index (χ3n) is 1.93. The number of carboxylic acids is 1. The molecule has 0 bridgehead atoms. The number of unbranched alkanes of at least 4 members (excludes halogenated alkanes) is 1. The van der Waals surface area contributed by atoms with Crippen molar-refractivity contribution in [3.05, 3.63) is 11.4 Å². The fourth-order valence-electron chi connectivity index (χ4n) is 1.20. The lowest BCUT2D eigenvalue weighted by molar-refractivity contribution is 0.0689. The van der Waals surface area contributed by atoms with E-state index in [4.69, 9.17) is 39.9 Å². The van der Waals surface area contributed by atoms with Crippen molar-refractivity contribution in [2.45, 2.75) is 30.1 Å². The van der Waals surface area contributed by atoms with Gasteiger partial charge in [0.1, 0.15) is 5.69 Å². The largest absolute Gasteiger partial charge is 0.476 e. The van der Waals surface area contributed by atoms with Crippen LogP contribution in [0.5, 0.6) is 0 Å². The van der Waals surface area contributed by atoms with Gasteiger partial charge in [-0.2, -0.15) is 0 Å². The van der Waals surface area contributed by atoms with Crippen molar-refractivity contribution in [1.82, 2.24) is 15.0 Å². The standard InChI is InChI=1S/C8H10Cl3N3O2/c1-2-3-4-14-6(8(9,10)11)5(7(15)16)12-13-14/h2-4H2,1H3,(H,15,16). The molecule has 8 heteroatoms. The van der Waals surface area contributed by atoms with Crippen molar-refractivity contribution < 1.29 is 9.90 Å². The van der Waals surface area contributed by atoms with Crippen LogP contribution in [0.3, 0.4) is 0 Å². The molecule has 0 aromatic carbocycles. The van der Waals surface area contributed by atoms with Gasteiger partial charge in [-0.15, -0.1) is 5.10 Å². The van der Waals surface area contributed by atoms with Gasteiger partial charge in [0.15, 0.2) is 5.69 Å². The Morgan fingerprint density at radius 3 is 2.56 bits per heavy atom. The van der Waals surface area contributed by atoms with E-state index in [2.05, 4.69) is 10.3 Å². The second kappa shape index (κ2) is 5.21. The molecule has 0 unspecified atom stereocenters. The summed E-state index contributed by atoms with van der Waals surface area (Å²) in [5.41, 5.74) is -0.324. The van der Waals surface area contributed by atoms with Gasteiger partial charge >= 0.3 is 5.97 Å². The first-order valence-electron chi connectivity index (χ1n) is 4.62. The maximum Gasteiger partial charge on any atom is 0.358 e. The van der Waals surface area contributed by atoms with Crippen LogP contribution >= 0.6 is 34.8 Å². The number of aromatic nitrogens is 3. The van der Waals surface area contributed by atoms with Crippen LogP contribution in [0.1, 0.15) is 35.9 Å². The van der Waals surface area contributed by atoms with E-state index in [1.54, 1.807) is 0 Å². The van der Waals surface area contributed by atoms with Crippen LogP contribution in [0, 0.1) is 0 Å². The van der Waals surface area contributed by atoms with E-state index >= 15 is 0 Å². The first kappa shape index (κ1) is 13.5. The molecule has 16 heavy (non-hydrogen) atoms. The Morgan fingerprint density at radius 2 is 2.12 bits per heavy atom. The molecule has 5 nitrogen and oxygen atoms in total. The zero-order valence-electron chi connectivity index (χ0n) is 8.45. The maximum atomic E-state index is 10.9. The van der Waals surface area contributed by atoms with Crippen molar-refractivity contribution in [1.29, 1.82) is 0 Å². The minimum atomic E-state index is -1.84. The quantitative estimate of drug-likeness (QED) is 0.864. The fourth-order valence-corrected chi connectivity index (χ4v) is 1.76. The summed E-state index contributed by atoms with van der Waals surface area (Å²) >= 11 is 17.1. The number of rotatable bonds is 4. The molecule has 0 aliphatic heterocycles. The number of alkyl halides is 3. The summed E-state index contributed by atoms with van der Waals surface area (Å²) in [4.78, 5) is 10.9. The van der Waals surface area contributed by atoms with Gasteiger partial charge in [-0.3, -0.25) is 0 Å². The Bertz CT molecular complexity index is 386. The maximum absolute atomic E-state index is 10.9. The van der Waals surface area contributed by atoms with Crippen molar-refractivity contribution in [3.63, 3.8) is 0 Å². The lowest BCUT2D eigenvalue weighted by Gasteiger charge is -2.13. The van der Waals surface area contributed by atoms with Gasteiger partial charge in [-0.1, -0.05) is 53.4 Å². The second-order valence-electron chi connectivity index (χ2n) is 3.17. The monoisotopic (exact) mass is 285 g/mol. The highest BCUT2D eigenvalue weighted by atomic mass is 35.6. The molecule has 1 aromatic heterocycles. The molecule has 0 spiro atoms. The van der Waals surface area contributed by atoms with E-state index in [0.29, 0.717) is 6.54 Å². The number of hydrogen-bond donors (Lipinski definition) is 1. The van der Waals surface area contributed by atoms with Crippen LogP contribution in [-0.2, 0) is 10.3 Å². The van der Waals surface area contributed by atoms with Gasteiger partial charge in [-0.25, -0.2) is 9.48 Å². The Balaban J connectivity index is 3.15. The SMILES string of the molecule is CCCCn1nnc(C(=O)O)c1C(Cl)(Cl)Cl. The third kappa shape index (κ3) is 2.99. The Hall–Kier alpha value is -0.520. The van der Waals surface area contributed by atoms with Crippen molar-refractivity contribution >= 4 is 40.8 Å². The molecule has 0 atom stereocenters. The van der Waals surface area contributed by atoms with Crippen LogP contribution in [0.25, 0.3) is 0 Å². The molecule has 1 N–H and O–H groups in total. The molecule has 1 aromatic rings. The lowest BCUT2D eigenvalue weighted by atomic mass is 10.3. The van der Waals surface area contributed by atoms with Crippen molar-refractivity contribution in [3.8, 4) is 0 Å². The first-order chi connectivity index (χ1) is 7.38. The Labute approximate surface area is 107 Å². The fraction of sp³-hybridized carbons (Fsp3) is 0.625. The highest BCUT2D eigenvalue weighted by Crippen LogP contribution is 2.39. The van der Waals surface area contributed by atoms with Gasteiger partial charge in [0.05, 0.1) is 0 Å². The number of carboxylic acid groups (broad SMARTS) is 1. The summed E-state index contributed by atoms with van der Waals surface area (Å²) < 4.78 is -0.523. The van der Waals surface area contributed by atoms with Gasteiger partial charge in [-0.05, 0) is 6.42 Å². The molecular formula is C8H10Cl3N3O2. The predicted octanol–water partition coefficient (Wildman–Crippen LogP) is 2.60. The molecule has 1 rings (SSSR count). The zero-order valence-corrected chi connectivity index (χ0v) is 10.7. The van der Waals surface area contributed by atoms with Crippen LogP contribution in [0.4, 0.5) is 0 Å². The minimum Gasteiger partial charge on any atom is -0.476 e. The normalized spacial score (nSPS) is 11.8. The van der Waals surface area contributed by atoms with E-state index in [9.17, 15) is 4.79 Å². The molecule has 0 aliphatic carbocycles. The van der Waals surface area contributed by atoms with Gasteiger partial charge in [0.2, 0.25) is 3.79 Å². The average molecular weight is 287 g/mol. The van der Waals surface area contributed by atoms with E-state index < -0.39 is 9.76 Å². The molecule has 0 saturated heterocycles. The van der Waals surface area contributed by atoms with Gasteiger partial charge < -0.3 is 5.11 Å². The average Bonchev–Trinajstić information content (AvgIpc) is 2.57. The summed E-state index contributed by atoms with van der Waals surface area (Å²) in [6.07, 6.45) is 1.72. The number of hydrogen-bond acceptors (Lipinski definition) is 3. The topological polar surface area (TPSA) is 68.0 Å². The number of aryl methyl sites for hydroxylation is 1. The number of nitrogens with zero attached hydrogens (tertiary/aromatic N) is 3. The second-order valence-corrected chi connectivity index (χ2v) is 5.45. The van der Waals surface area contributed by atoms with Gasteiger partial charge in [0.25, 0.3) is 0 Å². The van der Waals surface area contributed by atoms with Crippen LogP contribution in [0.2, 0.25) is 0 Å². The van der Waals surface area contributed by atoms with Crippen LogP contribution in [0.15, 0.2) is 0 Å². The van der Waals surface area contributed by atoms with Gasteiger partial charge in [0, 0.05) is 6.54 Å². The molecular weight excluding hydrogens is 276 g/mol. The van der Waals surface area contributed by atoms with E-state index in [0.717, 1.165) is 12.8 Å². The van der Waals surface area contributed by atoms with Crippen molar-refractivity contribution in [2.24, 2.45) is 0 Å². The molecule has 0 fully saturated rings. The molecule has 0 aliphatic rings. The lowest BCUT2D eigenvalue weighted by Crippen LogP contribution is -2.16. The summed E-state index contributed by atoms with van der Waals surface area (Å²) in [6.45, 7) is 2.46. The zero-order chi connectivity index (χ0) is 12.3. The molecule has 0 radical (unpaired) electrons. The van der Waals surface area contributed by atoms with E-state index in [1.165, 1.54) is 4.68 Å². The summed E-state index contributed by atoms with van der Waals surface area (Å²) in [6, 6.07) is 0. The van der Waals surface area contributed by atoms with E-state index in [-0.39, 0.29) is 11.4 Å². The first-order valence-corrected chi connectivity index (χ1v) is 5.75. The van der Waals surface area contributed by atoms with Crippen LogP contribution < -0.4 is 0 Å². The summed E-state index contributed by atoms with van der Waals surface area (Å²) in [5.74, 6) is -1.26. The smallest absolute Gasteiger partial charge is 0.358 e. The Kier molecular flexibility index (Phi) is 4.41. The molecule has 0 saturated carbocycles. The van der Waals surface area contributed by atoms with E-state index in [1.807, 2.05) is 6.92 Å². The molecule has 90 valence electrons. The Morgan fingerprint density at radius 1 is 1.50 bits per heavy atom. The molecule has 0 amide bonds. The third-order valence-corrected chi connectivity index (χ3v) is 2.47. The van der Waals surface area contributed by atoms with Crippen LogP contribution in [-0.4, -0.2) is 26.1 Å². The number of halogens is 3. The van der Waals surface area contributed by atoms with Crippen molar-refractivity contribution in [2.75, 3.05) is 0 Å².